The van der Waals surface area contributed by atoms with Gasteiger partial charge in [-0.25, -0.2) is 0 Å². The Kier molecular flexibility index (Phi) is 4.65. The van der Waals surface area contributed by atoms with Crippen LogP contribution in [0.5, 0.6) is 0 Å². The van der Waals surface area contributed by atoms with E-state index in [-0.39, 0.29) is 0 Å². The number of pyridine rings is 1. The van der Waals surface area contributed by atoms with Crippen LogP contribution >= 0.6 is 0 Å². The lowest BCUT2D eigenvalue weighted by Crippen LogP contribution is -2.40. The normalized spacial score (nSPS) is 25.1. The lowest BCUT2D eigenvalue weighted by Gasteiger charge is -2.32. The van der Waals surface area contributed by atoms with E-state index < -0.39 is 0 Å². The van der Waals surface area contributed by atoms with Gasteiger partial charge in [-0.2, -0.15) is 0 Å². The molecule has 2 N–H and O–H groups in total. The maximum atomic E-state index is 5.66. The second-order valence-corrected chi connectivity index (χ2v) is 6.13. The maximum Gasteiger partial charge on any atom is 0.0542 e. The molecule has 0 saturated carbocycles. The topological polar surface area (TPSA) is 45.4 Å². The molecule has 20 heavy (non-hydrogen) atoms. The number of likely N-dealkylation sites (tertiary alicyclic amines) is 2. The zero-order valence-corrected chi connectivity index (χ0v) is 12.3. The SMILES string of the molecule is NCc1cc(CN2CCC(N3CCCCC3)C2)ccn1. The van der Waals surface area contributed by atoms with Crippen LogP contribution in [0.25, 0.3) is 0 Å². The molecule has 1 aromatic rings. The van der Waals surface area contributed by atoms with Crippen LogP contribution in [-0.2, 0) is 13.1 Å². The molecule has 0 bridgehead atoms. The molecule has 4 nitrogen and oxygen atoms in total. The van der Waals surface area contributed by atoms with Gasteiger partial charge in [0.2, 0.25) is 0 Å². The van der Waals surface area contributed by atoms with Gasteiger partial charge in [0.25, 0.3) is 0 Å². The molecule has 110 valence electrons. The number of hydrogen-bond donors (Lipinski definition) is 1. The van der Waals surface area contributed by atoms with Crippen molar-refractivity contribution in [3.05, 3.63) is 29.6 Å². The third kappa shape index (κ3) is 3.37. The fraction of sp³-hybridized carbons (Fsp3) is 0.688. The Labute approximate surface area is 122 Å². The first-order valence-corrected chi connectivity index (χ1v) is 7.95. The number of piperidine rings is 1. The second-order valence-electron chi connectivity index (χ2n) is 6.13. The quantitative estimate of drug-likeness (QED) is 0.906. The van der Waals surface area contributed by atoms with Gasteiger partial charge in [0, 0.05) is 38.4 Å². The van der Waals surface area contributed by atoms with Gasteiger partial charge in [0.05, 0.1) is 5.69 Å². The monoisotopic (exact) mass is 274 g/mol. The lowest BCUT2D eigenvalue weighted by atomic mass is 10.1. The van der Waals surface area contributed by atoms with Crippen molar-refractivity contribution in [3.63, 3.8) is 0 Å². The Balaban J connectivity index is 1.54. The molecule has 1 unspecified atom stereocenters. The zero-order valence-electron chi connectivity index (χ0n) is 12.3. The van der Waals surface area contributed by atoms with Crippen LogP contribution in [0.3, 0.4) is 0 Å². The number of aromatic nitrogens is 1. The Hall–Kier alpha value is -0.970. The summed E-state index contributed by atoms with van der Waals surface area (Å²) in [6.45, 7) is 6.64. The van der Waals surface area contributed by atoms with Crippen LogP contribution in [-0.4, -0.2) is 47.0 Å². The van der Waals surface area contributed by atoms with E-state index in [1.165, 1.54) is 57.4 Å². The molecule has 2 aliphatic heterocycles. The summed E-state index contributed by atoms with van der Waals surface area (Å²) in [4.78, 5) is 9.56. The van der Waals surface area contributed by atoms with Gasteiger partial charge < -0.3 is 5.73 Å². The Morgan fingerprint density at radius 1 is 1.20 bits per heavy atom. The summed E-state index contributed by atoms with van der Waals surface area (Å²) < 4.78 is 0. The highest BCUT2D eigenvalue weighted by Crippen LogP contribution is 2.21. The zero-order chi connectivity index (χ0) is 13.8. The number of hydrogen-bond acceptors (Lipinski definition) is 4. The summed E-state index contributed by atoms with van der Waals surface area (Å²) in [6, 6.07) is 5.05. The molecule has 0 aromatic carbocycles. The largest absolute Gasteiger partial charge is 0.325 e. The summed E-state index contributed by atoms with van der Waals surface area (Å²) in [5.74, 6) is 0. The molecule has 0 radical (unpaired) electrons. The molecule has 3 heterocycles. The predicted molar refractivity (Wildman–Crippen MR) is 81.2 cm³/mol. The smallest absolute Gasteiger partial charge is 0.0542 e. The van der Waals surface area contributed by atoms with Gasteiger partial charge in [0.15, 0.2) is 0 Å². The predicted octanol–water partition coefficient (Wildman–Crippen LogP) is 1.60. The van der Waals surface area contributed by atoms with Gasteiger partial charge in [0.1, 0.15) is 0 Å². The van der Waals surface area contributed by atoms with Crippen molar-refractivity contribution in [1.29, 1.82) is 0 Å². The number of rotatable bonds is 4. The summed E-state index contributed by atoms with van der Waals surface area (Å²) in [5.41, 5.74) is 8.01. The van der Waals surface area contributed by atoms with E-state index in [1.54, 1.807) is 0 Å². The second kappa shape index (κ2) is 6.66. The van der Waals surface area contributed by atoms with Crippen molar-refractivity contribution >= 4 is 0 Å². The fourth-order valence-corrected chi connectivity index (χ4v) is 3.53. The molecule has 0 spiro atoms. The van der Waals surface area contributed by atoms with E-state index in [4.69, 9.17) is 5.73 Å². The van der Waals surface area contributed by atoms with Crippen LogP contribution in [0.4, 0.5) is 0 Å². The molecule has 2 fully saturated rings. The summed E-state index contributed by atoms with van der Waals surface area (Å²) >= 11 is 0. The minimum absolute atomic E-state index is 0.532. The molecular formula is C16H26N4. The molecule has 3 rings (SSSR count). The van der Waals surface area contributed by atoms with E-state index >= 15 is 0 Å². The highest BCUT2D eigenvalue weighted by molar-refractivity contribution is 5.16. The standard InChI is InChI=1S/C16H26N4/c17-11-15-10-14(4-6-18-15)12-19-9-5-16(13-19)20-7-2-1-3-8-20/h4,6,10,16H,1-3,5,7-9,11-13,17H2. The molecule has 1 aromatic heterocycles. The summed E-state index contributed by atoms with van der Waals surface area (Å²) in [6.07, 6.45) is 7.41. The van der Waals surface area contributed by atoms with Crippen LogP contribution in [0, 0.1) is 0 Å². The highest BCUT2D eigenvalue weighted by atomic mass is 15.3. The van der Waals surface area contributed by atoms with Gasteiger partial charge in [-0.15, -0.1) is 0 Å². The van der Waals surface area contributed by atoms with E-state index in [9.17, 15) is 0 Å². The average molecular weight is 274 g/mol. The van der Waals surface area contributed by atoms with Gasteiger partial charge in [-0.1, -0.05) is 6.42 Å². The van der Waals surface area contributed by atoms with Gasteiger partial charge in [-0.05, 0) is 50.0 Å². The summed E-state index contributed by atoms with van der Waals surface area (Å²) in [5, 5.41) is 0. The van der Waals surface area contributed by atoms with Crippen LogP contribution in [0.1, 0.15) is 36.9 Å². The van der Waals surface area contributed by atoms with E-state index in [0.29, 0.717) is 6.54 Å². The van der Waals surface area contributed by atoms with Gasteiger partial charge in [-0.3, -0.25) is 14.8 Å². The third-order valence-corrected chi connectivity index (χ3v) is 4.65. The van der Waals surface area contributed by atoms with Crippen LogP contribution < -0.4 is 5.73 Å². The van der Waals surface area contributed by atoms with Crippen molar-refractivity contribution in [3.8, 4) is 0 Å². The first-order valence-electron chi connectivity index (χ1n) is 7.95. The molecular weight excluding hydrogens is 248 g/mol. The molecule has 1 atom stereocenters. The molecule has 0 aliphatic carbocycles. The lowest BCUT2D eigenvalue weighted by molar-refractivity contribution is 0.161. The van der Waals surface area contributed by atoms with Crippen molar-refractivity contribution < 1.29 is 0 Å². The Morgan fingerprint density at radius 2 is 2.05 bits per heavy atom. The van der Waals surface area contributed by atoms with Gasteiger partial charge >= 0.3 is 0 Å². The van der Waals surface area contributed by atoms with Crippen LogP contribution in [0.15, 0.2) is 18.3 Å². The fourth-order valence-electron chi connectivity index (χ4n) is 3.53. The minimum atomic E-state index is 0.532. The number of nitrogens with zero attached hydrogens (tertiary/aromatic N) is 3. The molecule has 0 amide bonds. The molecule has 4 heteroatoms. The van der Waals surface area contributed by atoms with Crippen molar-refractivity contribution in [2.45, 2.75) is 44.8 Å². The first-order chi connectivity index (χ1) is 9.85. The van der Waals surface area contributed by atoms with Crippen molar-refractivity contribution in [2.24, 2.45) is 5.73 Å². The summed E-state index contributed by atoms with van der Waals surface area (Å²) in [7, 11) is 0. The van der Waals surface area contributed by atoms with Crippen molar-refractivity contribution in [1.82, 2.24) is 14.8 Å². The van der Waals surface area contributed by atoms with Crippen molar-refractivity contribution in [2.75, 3.05) is 26.2 Å². The van der Waals surface area contributed by atoms with Crippen LogP contribution in [0.2, 0.25) is 0 Å². The maximum absolute atomic E-state index is 5.66. The minimum Gasteiger partial charge on any atom is -0.325 e. The molecule has 2 saturated heterocycles. The Bertz CT molecular complexity index is 428. The molecule has 2 aliphatic rings. The first kappa shape index (κ1) is 14.0. The third-order valence-electron chi connectivity index (χ3n) is 4.65. The van der Waals surface area contributed by atoms with E-state index in [1.807, 2.05) is 6.20 Å². The number of nitrogens with two attached hydrogens (primary N) is 1. The highest BCUT2D eigenvalue weighted by Gasteiger charge is 2.28. The Morgan fingerprint density at radius 3 is 2.85 bits per heavy atom. The van der Waals surface area contributed by atoms with E-state index in [2.05, 4.69) is 26.9 Å². The average Bonchev–Trinajstić information content (AvgIpc) is 2.97. The van der Waals surface area contributed by atoms with E-state index in [0.717, 1.165) is 18.3 Å².